The van der Waals surface area contributed by atoms with E-state index < -0.39 is 0 Å². The molecule has 1 heterocycles. The smallest absolute Gasteiger partial charge is 0.122 e. The Hall–Kier alpha value is -1.06. The van der Waals surface area contributed by atoms with E-state index in [4.69, 9.17) is 4.74 Å². The maximum Gasteiger partial charge on any atom is 0.122 e. The molecule has 0 amide bonds. The van der Waals surface area contributed by atoms with Crippen molar-refractivity contribution in [2.45, 2.75) is 26.3 Å². The molecule has 1 saturated heterocycles. The van der Waals surface area contributed by atoms with Crippen LogP contribution in [-0.2, 0) is 6.42 Å². The first-order valence-corrected chi connectivity index (χ1v) is 6.29. The van der Waals surface area contributed by atoms with Crippen LogP contribution in [0.4, 0.5) is 0 Å². The van der Waals surface area contributed by atoms with E-state index in [0.29, 0.717) is 6.04 Å². The van der Waals surface area contributed by atoms with Gasteiger partial charge in [0.15, 0.2) is 0 Å². The fourth-order valence-corrected chi connectivity index (χ4v) is 2.41. The summed E-state index contributed by atoms with van der Waals surface area (Å²) in [4.78, 5) is 0. The number of rotatable bonds is 3. The molecule has 1 unspecified atom stereocenters. The molecule has 1 fully saturated rings. The third-order valence-corrected chi connectivity index (χ3v) is 3.45. The zero-order chi connectivity index (χ0) is 12.3. The molecule has 2 rings (SSSR count). The zero-order valence-electron chi connectivity index (χ0n) is 11.0. The lowest BCUT2D eigenvalue weighted by molar-refractivity contribution is 0.408. The molecule has 0 spiro atoms. The predicted octanol–water partition coefficient (Wildman–Crippen LogP) is 1.42. The summed E-state index contributed by atoms with van der Waals surface area (Å²) in [7, 11) is 1.73. The van der Waals surface area contributed by atoms with Crippen LogP contribution in [0.1, 0.15) is 16.7 Å². The molecule has 3 nitrogen and oxygen atoms in total. The number of ether oxygens (including phenoxy) is 1. The lowest BCUT2D eigenvalue weighted by Gasteiger charge is -2.25. The minimum atomic E-state index is 0.551. The molecule has 3 heteroatoms. The fourth-order valence-electron chi connectivity index (χ4n) is 2.41. The van der Waals surface area contributed by atoms with Crippen molar-refractivity contribution >= 4 is 0 Å². The second kappa shape index (κ2) is 5.52. The van der Waals surface area contributed by atoms with E-state index in [2.05, 4.69) is 36.6 Å². The molecule has 0 bridgehead atoms. The number of hydrogen-bond acceptors (Lipinski definition) is 3. The SMILES string of the molecule is COc1cc(C)c(CC2CNCCN2)cc1C. The van der Waals surface area contributed by atoms with Crippen LogP contribution >= 0.6 is 0 Å². The topological polar surface area (TPSA) is 33.3 Å². The molecule has 94 valence electrons. The van der Waals surface area contributed by atoms with Crippen LogP contribution < -0.4 is 15.4 Å². The third-order valence-electron chi connectivity index (χ3n) is 3.45. The van der Waals surface area contributed by atoms with E-state index >= 15 is 0 Å². The quantitative estimate of drug-likeness (QED) is 0.830. The Morgan fingerprint density at radius 2 is 2.06 bits per heavy atom. The lowest BCUT2D eigenvalue weighted by atomic mass is 9.97. The molecule has 17 heavy (non-hydrogen) atoms. The molecule has 2 N–H and O–H groups in total. The highest BCUT2D eigenvalue weighted by molar-refractivity contribution is 5.41. The first-order chi connectivity index (χ1) is 8.20. The summed E-state index contributed by atoms with van der Waals surface area (Å²) in [6.07, 6.45) is 1.09. The molecule has 0 aliphatic carbocycles. The molecule has 0 saturated carbocycles. The van der Waals surface area contributed by atoms with Crippen LogP contribution in [0.3, 0.4) is 0 Å². The van der Waals surface area contributed by atoms with Gasteiger partial charge in [-0.1, -0.05) is 6.07 Å². The Balaban J connectivity index is 2.12. The van der Waals surface area contributed by atoms with Gasteiger partial charge in [0.05, 0.1) is 7.11 Å². The van der Waals surface area contributed by atoms with Gasteiger partial charge in [0, 0.05) is 25.7 Å². The molecule has 1 aliphatic heterocycles. The molecular weight excluding hydrogens is 212 g/mol. The van der Waals surface area contributed by atoms with Crippen molar-refractivity contribution in [2.75, 3.05) is 26.7 Å². The second-order valence-electron chi connectivity index (χ2n) is 4.81. The van der Waals surface area contributed by atoms with Gasteiger partial charge in [-0.05, 0) is 43.0 Å². The fraction of sp³-hybridized carbons (Fsp3) is 0.571. The lowest BCUT2D eigenvalue weighted by Crippen LogP contribution is -2.49. The number of piperazine rings is 1. The maximum atomic E-state index is 5.34. The molecule has 1 atom stereocenters. The van der Waals surface area contributed by atoms with Gasteiger partial charge >= 0.3 is 0 Å². The van der Waals surface area contributed by atoms with E-state index in [0.717, 1.165) is 31.8 Å². The van der Waals surface area contributed by atoms with Crippen molar-refractivity contribution in [3.63, 3.8) is 0 Å². The minimum Gasteiger partial charge on any atom is -0.496 e. The summed E-state index contributed by atoms with van der Waals surface area (Å²) in [6, 6.07) is 4.95. The van der Waals surface area contributed by atoms with Crippen molar-refractivity contribution < 1.29 is 4.74 Å². The van der Waals surface area contributed by atoms with E-state index in [1.165, 1.54) is 16.7 Å². The highest BCUT2D eigenvalue weighted by Gasteiger charge is 2.14. The Bertz CT molecular complexity index is 384. The van der Waals surface area contributed by atoms with Gasteiger partial charge in [0.2, 0.25) is 0 Å². The Morgan fingerprint density at radius 1 is 1.24 bits per heavy atom. The van der Waals surface area contributed by atoms with Crippen molar-refractivity contribution in [2.24, 2.45) is 0 Å². The van der Waals surface area contributed by atoms with Crippen molar-refractivity contribution in [3.05, 3.63) is 28.8 Å². The van der Waals surface area contributed by atoms with Gasteiger partial charge in [0.25, 0.3) is 0 Å². The molecule has 1 aromatic rings. The van der Waals surface area contributed by atoms with Crippen LogP contribution in [0, 0.1) is 13.8 Å². The maximum absolute atomic E-state index is 5.34. The number of hydrogen-bond donors (Lipinski definition) is 2. The summed E-state index contributed by atoms with van der Waals surface area (Å²) in [6.45, 7) is 7.47. The van der Waals surface area contributed by atoms with Crippen molar-refractivity contribution in [1.29, 1.82) is 0 Å². The van der Waals surface area contributed by atoms with Gasteiger partial charge in [-0.2, -0.15) is 0 Å². The van der Waals surface area contributed by atoms with E-state index in [1.807, 2.05) is 0 Å². The molecular formula is C14H22N2O. The first kappa shape index (κ1) is 12.4. The first-order valence-electron chi connectivity index (χ1n) is 6.29. The highest BCUT2D eigenvalue weighted by atomic mass is 16.5. The zero-order valence-corrected chi connectivity index (χ0v) is 11.0. The standard InChI is InChI=1S/C14H22N2O/c1-10-7-14(17-3)11(2)6-12(10)8-13-9-15-4-5-16-13/h6-7,13,15-16H,4-5,8-9H2,1-3H3. The summed E-state index contributed by atoms with van der Waals surface area (Å²) in [5, 5.41) is 6.97. The van der Waals surface area contributed by atoms with Gasteiger partial charge in [-0.25, -0.2) is 0 Å². The van der Waals surface area contributed by atoms with Crippen LogP contribution in [0.5, 0.6) is 5.75 Å². The van der Waals surface area contributed by atoms with Crippen LogP contribution in [0.2, 0.25) is 0 Å². The molecule has 0 radical (unpaired) electrons. The highest BCUT2D eigenvalue weighted by Crippen LogP contribution is 2.23. The third kappa shape index (κ3) is 2.99. The van der Waals surface area contributed by atoms with Gasteiger partial charge < -0.3 is 15.4 Å². The largest absolute Gasteiger partial charge is 0.496 e. The Morgan fingerprint density at radius 3 is 2.71 bits per heavy atom. The van der Waals surface area contributed by atoms with E-state index in [9.17, 15) is 0 Å². The minimum absolute atomic E-state index is 0.551. The monoisotopic (exact) mass is 234 g/mol. The van der Waals surface area contributed by atoms with Crippen molar-refractivity contribution in [3.8, 4) is 5.75 Å². The van der Waals surface area contributed by atoms with Crippen LogP contribution in [-0.4, -0.2) is 32.8 Å². The predicted molar refractivity (Wildman–Crippen MR) is 70.8 cm³/mol. The normalized spacial score (nSPS) is 20.3. The van der Waals surface area contributed by atoms with Crippen molar-refractivity contribution in [1.82, 2.24) is 10.6 Å². The summed E-state index contributed by atoms with van der Waals surface area (Å²) in [5.41, 5.74) is 3.96. The van der Waals surface area contributed by atoms with Gasteiger partial charge in [-0.3, -0.25) is 0 Å². The number of benzene rings is 1. The number of methoxy groups -OCH3 is 1. The second-order valence-corrected chi connectivity index (χ2v) is 4.81. The number of nitrogens with one attached hydrogen (secondary N) is 2. The number of aryl methyl sites for hydroxylation is 2. The Kier molecular flexibility index (Phi) is 4.02. The van der Waals surface area contributed by atoms with Gasteiger partial charge in [0.1, 0.15) is 5.75 Å². The summed E-state index contributed by atoms with van der Waals surface area (Å²) in [5.74, 6) is 0.987. The molecule has 1 aliphatic rings. The summed E-state index contributed by atoms with van der Waals surface area (Å²) >= 11 is 0. The summed E-state index contributed by atoms with van der Waals surface area (Å²) < 4.78 is 5.34. The van der Waals surface area contributed by atoms with Crippen LogP contribution in [0.15, 0.2) is 12.1 Å². The van der Waals surface area contributed by atoms with E-state index in [1.54, 1.807) is 7.11 Å². The van der Waals surface area contributed by atoms with E-state index in [-0.39, 0.29) is 0 Å². The average Bonchev–Trinajstić information content (AvgIpc) is 2.34. The average molecular weight is 234 g/mol. The molecule has 1 aromatic carbocycles. The van der Waals surface area contributed by atoms with Crippen LogP contribution in [0.25, 0.3) is 0 Å². The van der Waals surface area contributed by atoms with Gasteiger partial charge in [-0.15, -0.1) is 0 Å². The Labute approximate surface area is 104 Å². The molecule has 0 aromatic heterocycles.